The van der Waals surface area contributed by atoms with E-state index in [1.807, 2.05) is 66.8 Å². The Morgan fingerprint density at radius 3 is 1.50 bits per heavy atom. The predicted molar refractivity (Wildman–Crippen MR) is 105 cm³/mol. The van der Waals surface area contributed by atoms with Crippen molar-refractivity contribution >= 4 is 35.3 Å². The molecule has 0 aromatic heterocycles. The molecule has 5 heterocycles. The van der Waals surface area contributed by atoms with Gasteiger partial charge in [-0.2, -0.15) is 0 Å². The summed E-state index contributed by atoms with van der Waals surface area (Å²) in [5, 5.41) is 0. The molecule has 0 radical (unpaired) electrons. The van der Waals surface area contributed by atoms with Crippen LogP contribution in [0.4, 0.5) is 0 Å². The van der Waals surface area contributed by atoms with Crippen molar-refractivity contribution in [1.82, 2.24) is 0 Å². The fourth-order valence-electron chi connectivity index (χ4n) is 2.86. The molecule has 0 unspecified atom stereocenters. The van der Waals surface area contributed by atoms with Gasteiger partial charge in [-0.15, -0.1) is 12.4 Å². The second kappa shape index (κ2) is 6.61. The summed E-state index contributed by atoms with van der Waals surface area (Å²) in [6, 6.07) is 0. The standard InChI is InChI=1S/C20H11N4.ClH.Fe/c1-2-14-10-16-5-6-18(23-16)12-20-8-7-19(24-20)11-17-4-3-15(22-17)9-13(1)21-14;;/h1-7,9-12H;1H;. The third-order valence-corrected chi connectivity index (χ3v) is 4.42. The summed E-state index contributed by atoms with van der Waals surface area (Å²) in [5.74, 6) is 0. The van der Waals surface area contributed by atoms with Gasteiger partial charge in [0, 0.05) is 0 Å². The van der Waals surface area contributed by atoms with Crippen LogP contribution in [-0.4, -0.2) is 22.8 Å². The molecule has 0 atom stereocenters. The van der Waals surface area contributed by atoms with Crippen molar-refractivity contribution in [2.45, 2.75) is 0 Å². The Morgan fingerprint density at radius 1 is 0.500 bits per heavy atom. The minimum absolute atomic E-state index is 0. The van der Waals surface area contributed by atoms with Gasteiger partial charge in [-0.3, -0.25) is 0 Å². The molecule has 5 aliphatic heterocycles. The van der Waals surface area contributed by atoms with Crippen molar-refractivity contribution in [3.8, 4) is 0 Å². The van der Waals surface area contributed by atoms with Gasteiger partial charge in [-0.25, -0.2) is 0 Å². The minimum atomic E-state index is 0. The van der Waals surface area contributed by atoms with E-state index in [0.717, 1.165) is 50.1 Å². The number of hydrogen-bond acceptors (Lipinski definition) is 4. The Labute approximate surface area is 165 Å². The molecule has 0 saturated carbocycles. The van der Waals surface area contributed by atoms with Crippen LogP contribution in [0, 0.1) is 0 Å². The van der Waals surface area contributed by atoms with Gasteiger partial charge >= 0.3 is 153 Å². The first kappa shape index (κ1) is 16.9. The summed E-state index contributed by atoms with van der Waals surface area (Å²) in [5.41, 5.74) is 6.93. The number of allylic oxidation sites excluding steroid dienone is 12. The summed E-state index contributed by atoms with van der Waals surface area (Å²) in [4.78, 5) is 18.4. The van der Waals surface area contributed by atoms with Gasteiger partial charge in [0.2, 0.25) is 0 Å². The van der Waals surface area contributed by atoms with E-state index in [1.165, 1.54) is 0 Å². The molecular weight excluding hydrogens is 388 g/mol. The van der Waals surface area contributed by atoms with Gasteiger partial charge in [0.15, 0.2) is 0 Å². The van der Waals surface area contributed by atoms with E-state index >= 15 is 0 Å². The first-order valence-electron chi connectivity index (χ1n) is 7.83. The van der Waals surface area contributed by atoms with Gasteiger partial charge in [0.05, 0.1) is 0 Å². The number of rotatable bonds is 0. The molecule has 0 aliphatic carbocycles. The fraction of sp³-hybridized carbons (Fsp3) is 0. The molecule has 5 aliphatic rings. The van der Waals surface area contributed by atoms with Crippen LogP contribution in [0.1, 0.15) is 0 Å². The zero-order valence-electron chi connectivity index (χ0n) is 13.4. The van der Waals surface area contributed by atoms with Crippen LogP contribution >= 0.6 is 12.4 Å². The first-order valence-corrected chi connectivity index (χ1v) is 8.39. The summed E-state index contributed by atoms with van der Waals surface area (Å²) in [6.07, 6.45) is 21.7. The summed E-state index contributed by atoms with van der Waals surface area (Å²) < 4.78 is 0.879. The molecule has 0 aromatic rings. The van der Waals surface area contributed by atoms with Gasteiger partial charge in [0.25, 0.3) is 0 Å². The van der Waals surface area contributed by atoms with E-state index in [4.69, 9.17) is 0 Å². The zero-order valence-corrected chi connectivity index (χ0v) is 15.3. The van der Waals surface area contributed by atoms with Crippen LogP contribution in [0.25, 0.3) is 0 Å². The van der Waals surface area contributed by atoms with Crippen molar-refractivity contribution in [2.75, 3.05) is 0 Å². The SMILES string of the molecule is Cl.[Fe][C]1=CC2=CC3=NC(=CC4=NC(=CC5=NC(=CC1=N2)C=C5)C=C4)C=C3. The molecule has 26 heavy (non-hydrogen) atoms. The van der Waals surface area contributed by atoms with E-state index in [1.54, 1.807) is 0 Å². The van der Waals surface area contributed by atoms with Crippen LogP contribution in [-0.2, 0) is 16.0 Å². The molecule has 8 bridgehead atoms. The topological polar surface area (TPSA) is 49.4 Å². The van der Waals surface area contributed by atoms with Crippen LogP contribution in [0.2, 0.25) is 0 Å². The zero-order chi connectivity index (χ0) is 16.8. The summed E-state index contributed by atoms with van der Waals surface area (Å²) >= 11 is 4.08. The number of nitrogens with zero attached hydrogens (tertiary/aromatic N) is 4. The predicted octanol–water partition coefficient (Wildman–Crippen LogP) is 3.88. The Bertz CT molecular complexity index is 1080. The van der Waals surface area contributed by atoms with E-state index in [-0.39, 0.29) is 12.4 Å². The van der Waals surface area contributed by atoms with Crippen LogP contribution in [0.15, 0.2) is 114 Å². The second-order valence-corrected chi connectivity index (χ2v) is 6.46. The van der Waals surface area contributed by atoms with Crippen molar-refractivity contribution in [1.29, 1.82) is 0 Å². The third-order valence-electron chi connectivity index (χ3n) is 3.98. The molecule has 0 amide bonds. The maximum atomic E-state index is 4.63. The molecule has 0 fully saturated rings. The van der Waals surface area contributed by atoms with E-state index in [2.05, 4.69) is 36.0 Å². The monoisotopic (exact) mass is 399 g/mol. The van der Waals surface area contributed by atoms with E-state index in [0.29, 0.717) is 0 Å². The van der Waals surface area contributed by atoms with Gasteiger partial charge < -0.3 is 0 Å². The molecule has 0 spiro atoms. The fourth-order valence-corrected chi connectivity index (χ4v) is 3.16. The molecule has 4 nitrogen and oxygen atoms in total. The maximum absolute atomic E-state index is 4.63. The Morgan fingerprint density at radius 2 is 0.962 bits per heavy atom. The quantitative estimate of drug-likeness (QED) is 0.555. The van der Waals surface area contributed by atoms with Crippen LogP contribution in [0.5, 0.6) is 0 Å². The van der Waals surface area contributed by atoms with Crippen LogP contribution < -0.4 is 0 Å². The molecular formula is C20H12ClFeN4. The normalized spacial score (nSPS) is 21.8. The Hall–Kier alpha value is -2.59. The Kier molecular flexibility index (Phi) is 4.29. The molecule has 0 aromatic carbocycles. The molecule has 5 rings (SSSR count). The first-order chi connectivity index (χ1) is 12.2. The average Bonchev–Trinajstić information content (AvgIpc) is 3.33. The van der Waals surface area contributed by atoms with Gasteiger partial charge in [0.1, 0.15) is 0 Å². The molecule has 127 valence electrons. The summed E-state index contributed by atoms with van der Waals surface area (Å²) in [6.45, 7) is 0. The van der Waals surface area contributed by atoms with Crippen molar-refractivity contribution < 1.29 is 16.0 Å². The van der Waals surface area contributed by atoms with Crippen molar-refractivity contribution in [3.05, 3.63) is 94.1 Å². The third kappa shape index (κ3) is 3.25. The van der Waals surface area contributed by atoms with Crippen molar-refractivity contribution in [3.63, 3.8) is 0 Å². The second-order valence-electron chi connectivity index (χ2n) is 5.86. The van der Waals surface area contributed by atoms with E-state index < -0.39 is 0 Å². The van der Waals surface area contributed by atoms with E-state index in [9.17, 15) is 0 Å². The molecule has 0 saturated heterocycles. The molecule has 6 heteroatoms. The number of hydrogen-bond donors (Lipinski definition) is 0. The number of aliphatic imine (C=N–C) groups is 4. The van der Waals surface area contributed by atoms with Crippen molar-refractivity contribution in [2.24, 2.45) is 20.0 Å². The Balaban J connectivity index is 0.00000168. The average molecular weight is 400 g/mol. The summed E-state index contributed by atoms with van der Waals surface area (Å²) in [7, 11) is 0. The molecule has 0 N–H and O–H groups in total. The number of fused-ring (bicyclic) bond motifs is 4. The van der Waals surface area contributed by atoms with Gasteiger partial charge in [-0.05, 0) is 0 Å². The van der Waals surface area contributed by atoms with Gasteiger partial charge in [-0.1, -0.05) is 0 Å². The van der Waals surface area contributed by atoms with Crippen LogP contribution in [0.3, 0.4) is 0 Å². The number of halogens is 1.